The molecule has 1 fully saturated rings. The predicted octanol–water partition coefficient (Wildman–Crippen LogP) is 2.86. The number of nitrogens with one attached hydrogen (secondary N) is 1. The Kier molecular flexibility index (Phi) is 4.63. The SMILES string of the molecule is CCOC1CC(NC2=NC(Cc3ccccc3)CS2)C1. The lowest BCUT2D eigenvalue weighted by Gasteiger charge is -2.35. The number of hydrogen-bond donors (Lipinski definition) is 1. The van der Waals surface area contributed by atoms with E-state index in [1.165, 1.54) is 5.56 Å². The highest BCUT2D eigenvalue weighted by molar-refractivity contribution is 8.14. The van der Waals surface area contributed by atoms with Crippen molar-refractivity contribution in [3.63, 3.8) is 0 Å². The van der Waals surface area contributed by atoms with Crippen LogP contribution >= 0.6 is 11.8 Å². The lowest BCUT2D eigenvalue weighted by Crippen LogP contribution is -2.46. The zero-order chi connectivity index (χ0) is 13.8. The Morgan fingerprint density at radius 2 is 2.10 bits per heavy atom. The lowest BCUT2D eigenvalue weighted by molar-refractivity contribution is -0.00542. The molecule has 20 heavy (non-hydrogen) atoms. The molecule has 1 unspecified atom stereocenters. The van der Waals surface area contributed by atoms with E-state index < -0.39 is 0 Å². The molecule has 0 aromatic heterocycles. The highest BCUT2D eigenvalue weighted by Crippen LogP contribution is 2.26. The van der Waals surface area contributed by atoms with Gasteiger partial charge in [0.05, 0.1) is 12.1 Å². The molecule has 1 saturated carbocycles. The average molecular weight is 290 g/mol. The third kappa shape index (κ3) is 3.55. The molecule has 1 atom stereocenters. The van der Waals surface area contributed by atoms with Crippen molar-refractivity contribution >= 4 is 16.9 Å². The fourth-order valence-corrected chi connectivity index (χ4v) is 3.73. The minimum absolute atomic E-state index is 0.424. The standard InChI is InChI=1S/C16H22N2OS/c1-2-19-15-9-13(10-15)17-16-18-14(11-20-16)8-12-6-4-3-5-7-12/h3-7,13-15H,2,8-11H2,1H3,(H,17,18). The summed E-state index contributed by atoms with van der Waals surface area (Å²) in [5.41, 5.74) is 1.38. The molecule has 0 spiro atoms. The van der Waals surface area contributed by atoms with Crippen LogP contribution in [-0.2, 0) is 11.2 Å². The first-order chi connectivity index (χ1) is 9.83. The van der Waals surface area contributed by atoms with Gasteiger partial charge in [0.25, 0.3) is 0 Å². The molecule has 1 N–H and O–H groups in total. The Morgan fingerprint density at radius 1 is 1.30 bits per heavy atom. The van der Waals surface area contributed by atoms with E-state index in [1.54, 1.807) is 0 Å². The van der Waals surface area contributed by atoms with Crippen molar-refractivity contribution in [2.45, 2.75) is 44.4 Å². The highest BCUT2D eigenvalue weighted by atomic mass is 32.2. The lowest BCUT2D eigenvalue weighted by atomic mass is 9.89. The van der Waals surface area contributed by atoms with E-state index in [0.717, 1.165) is 36.8 Å². The first kappa shape index (κ1) is 14.0. The molecule has 1 aromatic rings. The first-order valence-electron chi connectivity index (χ1n) is 7.46. The van der Waals surface area contributed by atoms with Crippen molar-refractivity contribution in [1.29, 1.82) is 0 Å². The second kappa shape index (κ2) is 6.64. The zero-order valence-electron chi connectivity index (χ0n) is 11.9. The normalized spacial score (nSPS) is 28.9. The van der Waals surface area contributed by atoms with Gasteiger partial charge in [-0.25, -0.2) is 0 Å². The molecule has 1 aliphatic carbocycles. The molecule has 3 nitrogen and oxygen atoms in total. The number of ether oxygens (including phenoxy) is 1. The molecule has 4 heteroatoms. The summed E-state index contributed by atoms with van der Waals surface area (Å²) >= 11 is 1.86. The quantitative estimate of drug-likeness (QED) is 0.905. The van der Waals surface area contributed by atoms with E-state index in [0.29, 0.717) is 18.2 Å². The number of aliphatic imine (C=N–C) groups is 1. The van der Waals surface area contributed by atoms with Crippen LogP contribution in [0.4, 0.5) is 0 Å². The summed E-state index contributed by atoms with van der Waals surface area (Å²) in [6.07, 6.45) is 3.75. The van der Waals surface area contributed by atoms with Crippen molar-refractivity contribution in [2.24, 2.45) is 4.99 Å². The molecule has 1 aliphatic heterocycles. The Labute approximate surface area is 125 Å². The molecule has 2 aliphatic rings. The van der Waals surface area contributed by atoms with Gasteiger partial charge >= 0.3 is 0 Å². The summed E-state index contributed by atoms with van der Waals surface area (Å²) in [5, 5.41) is 4.68. The number of benzene rings is 1. The maximum atomic E-state index is 5.59. The van der Waals surface area contributed by atoms with Gasteiger partial charge in [-0.1, -0.05) is 42.1 Å². The van der Waals surface area contributed by atoms with Gasteiger partial charge in [-0.3, -0.25) is 4.99 Å². The number of thioether (sulfide) groups is 1. The zero-order valence-corrected chi connectivity index (χ0v) is 12.7. The first-order valence-corrected chi connectivity index (χ1v) is 8.44. The summed E-state index contributed by atoms with van der Waals surface area (Å²) in [6.45, 7) is 2.89. The van der Waals surface area contributed by atoms with Crippen LogP contribution in [0.15, 0.2) is 35.3 Å². The number of hydrogen-bond acceptors (Lipinski definition) is 4. The van der Waals surface area contributed by atoms with Crippen molar-refractivity contribution in [3.05, 3.63) is 35.9 Å². The highest BCUT2D eigenvalue weighted by Gasteiger charge is 2.31. The fraction of sp³-hybridized carbons (Fsp3) is 0.562. The van der Waals surface area contributed by atoms with Crippen LogP contribution in [0.2, 0.25) is 0 Å². The van der Waals surface area contributed by atoms with Gasteiger partial charge in [-0.2, -0.15) is 0 Å². The van der Waals surface area contributed by atoms with Gasteiger partial charge in [0, 0.05) is 18.4 Å². The number of rotatable bonds is 5. The average Bonchev–Trinajstić information content (AvgIpc) is 2.85. The molecule has 1 aromatic carbocycles. The molecule has 108 valence electrons. The van der Waals surface area contributed by atoms with Crippen LogP contribution < -0.4 is 5.32 Å². The second-order valence-corrected chi connectivity index (χ2v) is 6.49. The van der Waals surface area contributed by atoms with Crippen molar-refractivity contribution in [1.82, 2.24) is 5.32 Å². The van der Waals surface area contributed by atoms with Crippen molar-refractivity contribution in [3.8, 4) is 0 Å². The number of nitrogens with zero attached hydrogens (tertiary/aromatic N) is 1. The summed E-state index contributed by atoms with van der Waals surface area (Å²) in [4.78, 5) is 4.80. The van der Waals surface area contributed by atoms with Gasteiger partial charge in [-0.15, -0.1) is 0 Å². The molecule has 0 bridgehead atoms. The molecular formula is C16H22N2OS. The van der Waals surface area contributed by atoms with Gasteiger partial charge in [0.1, 0.15) is 0 Å². The maximum absolute atomic E-state index is 5.59. The third-order valence-corrected chi connectivity index (χ3v) is 4.90. The predicted molar refractivity (Wildman–Crippen MR) is 85.4 cm³/mol. The maximum Gasteiger partial charge on any atom is 0.157 e. The summed E-state index contributed by atoms with van der Waals surface area (Å²) in [6, 6.07) is 11.6. The Hall–Kier alpha value is -1.00. The summed E-state index contributed by atoms with van der Waals surface area (Å²) in [7, 11) is 0. The monoisotopic (exact) mass is 290 g/mol. The smallest absolute Gasteiger partial charge is 0.157 e. The van der Waals surface area contributed by atoms with Gasteiger partial charge in [-0.05, 0) is 31.7 Å². The molecule has 1 heterocycles. The van der Waals surface area contributed by atoms with Crippen LogP contribution in [-0.4, -0.2) is 35.7 Å². The molecular weight excluding hydrogens is 268 g/mol. The van der Waals surface area contributed by atoms with Crippen molar-refractivity contribution < 1.29 is 4.74 Å². The van der Waals surface area contributed by atoms with E-state index in [4.69, 9.17) is 9.73 Å². The Balaban J connectivity index is 1.44. The Morgan fingerprint density at radius 3 is 2.85 bits per heavy atom. The minimum atomic E-state index is 0.424. The summed E-state index contributed by atoms with van der Waals surface area (Å²) in [5.74, 6) is 1.10. The Bertz CT molecular complexity index is 457. The second-order valence-electron chi connectivity index (χ2n) is 5.48. The van der Waals surface area contributed by atoms with E-state index in [9.17, 15) is 0 Å². The van der Waals surface area contributed by atoms with E-state index in [1.807, 2.05) is 11.8 Å². The van der Waals surface area contributed by atoms with Crippen LogP contribution in [0.25, 0.3) is 0 Å². The van der Waals surface area contributed by atoms with Crippen LogP contribution in [0.5, 0.6) is 0 Å². The molecule has 3 rings (SSSR count). The van der Waals surface area contributed by atoms with Crippen molar-refractivity contribution in [2.75, 3.05) is 12.4 Å². The molecule has 0 radical (unpaired) electrons. The largest absolute Gasteiger partial charge is 0.378 e. The molecule has 0 amide bonds. The number of amidine groups is 1. The molecule has 0 saturated heterocycles. The third-order valence-electron chi connectivity index (χ3n) is 3.85. The van der Waals surface area contributed by atoms with Gasteiger partial charge in [0.15, 0.2) is 5.17 Å². The minimum Gasteiger partial charge on any atom is -0.378 e. The van der Waals surface area contributed by atoms with E-state index in [2.05, 4.69) is 42.6 Å². The fourth-order valence-electron chi connectivity index (χ4n) is 2.72. The van der Waals surface area contributed by atoms with Gasteiger partial charge in [0.2, 0.25) is 0 Å². The van der Waals surface area contributed by atoms with E-state index >= 15 is 0 Å². The topological polar surface area (TPSA) is 33.6 Å². The van der Waals surface area contributed by atoms with Crippen LogP contribution in [0, 0.1) is 0 Å². The summed E-state index contributed by atoms with van der Waals surface area (Å²) < 4.78 is 5.59. The van der Waals surface area contributed by atoms with Crippen LogP contribution in [0.3, 0.4) is 0 Å². The van der Waals surface area contributed by atoms with E-state index in [-0.39, 0.29) is 0 Å². The van der Waals surface area contributed by atoms with Gasteiger partial charge < -0.3 is 10.1 Å². The van der Waals surface area contributed by atoms with Crippen LogP contribution in [0.1, 0.15) is 25.3 Å².